The van der Waals surface area contributed by atoms with Crippen LogP contribution in [0.1, 0.15) is 21.5 Å². The highest BCUT2D eigenvalue weighted by molar-refractivity contribution is 7.14. The van der Waals surface area contributed by atoms with Crippen molar-refractivity contribution < 1.29 is 4.79 Å². The van der Waals surface area contributed by atoms with Gasteiger partial charge in [-0.2, -0.15) is 0 Å². The molecule has 1 N–H and O–H groups in total. The summed E-state index contributed by atoms with van der Waals surface area (Å²) in [4.78, 5) is 16.0. The van der Waals surface area contributed by atoms with Crippen molar-refractivity contribution in [3.63, 3.8) is 0 Å². The number of rotatable bonds is 3. The van der Waals surface area contributed by atoms with Gasteiger partial charge in [-0.15, -0.1) is 11.3 Å². The number of amides is 1. The highest BCUT2D eigenvalue weighted by Gasteiger charge is 2.26. The minimum Gasteiger partial charge on any atom is -0.335 e. The van der Waals surface area contributed by atoms with Gasteiger partial charge in [0.1, 0.15) is 0 Å². The predicted octanol–water partition coefficient (Wildman–Crippen LogP) is 1.35. The number of aryl methyl sites for hydroxylation is 1. The molecule has 0 bridgehead atoms. The van der Waals surface area contributed by atoms with E-state index in [9.17, 15) is 4.79 Å². The van der Waals surface area contributed by atoms with Crippen LogP contribution < -0.4 is 5.32 Å². The van der Waals surface area contributed by atoms with Crippen molar-refractivity contribution in [2.24, 2.45) is 0 Å². The zero-order valence-corrected chi connectivity index (χ0v) is 9.93. The number of hydrogen-bond acceptors (Lipinski definition) is 3. The molecule has 1 fully saturated rings. The second-order valence-corrected chi connectivity index (χ2v) is 5.02. The lowest BCUT2D eigenvalue weighted by atomic mass is 10.1. The monoisotopic (exact) mass is 224 g/mol. The lowest BCUT2D eigenvalue weighted by Gasteiger charge is -2.35. The van der Waals surface area contributed by atoms with E-state index in [1.807, 2.05) is 24.1 Å². The number of carbonyl (C=O) groups is 1. The molecule has 0 aromatic carbocycles. The molecule has 1 saturated heterocycles. The van der Waals surface area contributed by atoms with Gasteiger partial charge in [0.15, 0.2) is 0 Å². The smallest absolute Gasteiger partial charge is 0.264 e. The van der Waals surface area contributed by atoms with Crippen molar-refractivity contribution in [2.75, 3.05) is 20.1 Å². The predicted molar refractivity (Wildman–Crippen MR) is 62.4 cm³/mol. The van der Waals surface area contributed by atoms with Crippen molar-refractivity contribution in [3.8, 4) is 0 Å². The second kappa shape index (κ2) is 4.33. The van der Waals surface area contributed by atoms with Gasteiger partial charge in [-0.1, -0.05) is 6.92 Å². The molecule has 1 aliphatic heterocycles. The molecule has 0 saturated carbocycles. The number of thiophene rings is 1. The van der Waals surface area contributed by atoms with Gasteiger partial charge in [-0.25, -0.2) is 0 Å². The quantitative estimate of drug-likeness (QED) is 0.840. The van der Waals surface area contributed by atoms with Crippen LogP contribution in [0.15, 0.2) is 12.1 Å². The Kier molecular flexibility index (Phi) is 3.07. The topological polar surface area (TPSA) is 32.3 Å². The Bertz CT molecular complexity index is 357. The van der Waals surface area contributed by atoms with Crippen LogP contribution in [0.4, 0.5) is 0 Å². The Morgan fingerprint density at radius 3 is 2.80 bits per heavy atom. The molecule has 3 nitrogen and oxygen atoms in total. The molecule has 2 heterocycles. The highest BCUT2D eigenvalue weighted by atomic mass is 32.1. The van der Waals surface area contributed by atoms with Crippen molar-refractivity contribution in [1.29, 1.82) is 0 Å². The van der Waals surface area contributed by atoms with Crippen LogP contribution in [0.3, 0.4) is 0 Å². The van der Waals surface area contributed by atoms with E-state index in [1.54, 1.807) is 11.3 Å². The molecule has 82 valence electrons. The Morgan fingerprint density at radius 2 is 2.33 bits per heavy atom. The third kappa shape index (κ3) is 2.06. The van der Waals surface area contributed by atoms with E-state index >= 15 is 0 Å². The van der Waals surface area contributed by atoms with Gasteiger partial charge < -0.3 is 10.2 Å². The summed E-state index contributed by atoms with van der Waals surface area (Å²) in [6.07, 6.45) is 1.01. The summed E-state index contributed by atoms with van der Waals surface area (Å²) in [5.74, 6) is 0.159. The Balaban J connectivity index is 2.05. The summed E-state index contributed by atoms with van der Waals surface area (Å²) in [6, 6.07) is 4.36. The molecular weight excluding hydrogens is 208 g/mol. The maximum atomic E-state index is 12.0. The van der Waals surface area contributed by atoms with E-state index in [-0.39, 0.29) is 5.91 Å². The Labute approximate surface area is 94.1 Å². The molecule has 0 spiro atoms. The van der Waals surface area contributed by atoms with Crippen LogP contribution in [-0.4, -0.2) is 37.0 Å². The lowest BCUT2D eigenvalue weighted by Crippen LogP contribution is -2.57. The standard InChI is InChI=1S/C11H16N2OS/c1-3-9-4-5-10(15-9)11(14)13(2)8-6-12-7-8/h4-5,8,12H,3,6-7H2,1-2H3. The average Bonchev–Trinajstić information content (AvgIpc) is 2.61. The number of nitrogens with zero attached hydrogens (tertiary/aromatic N) is 1. The van der Waals surface area contributed by atoms with Crippen molar-refractivity contribution in [2.45, 2.75) is 19.4 Å². The van der Waals surface area contributed by atoms with E-state index in [2.05, 4.69) is 12.2 Å². The fourth-order valence-electron chi connectivity index (χ4n) is 1.57. The average molecular weight is 224 g/mol. The van der Waals surface area contributed by atoms with Gasteiger partial charge in [-0.05, 0) is 18.6 Å². The van der Waals surface area contributed by atoms with E-state index in [0.29, 0.717) is 6.04 Å². The van der Waals surface area contributed by atoms with E-state index in [4.69, 9.17) is 0 Å². The van der Waals surface area contributed by atoms with Crippen LogP contribution >= 0.6 is 11.3 Å². The van der Waals surface area contributed by atoms with Crippen LogP contribution in [0, 0.1) is 0 Å². The summed E-state index contributed by atoms with van der Waals surface area (Å²) in [5, 5.41) is 3.17. The first-order valence-electron chi connectivity index (χ1n) is 5.29. The maximum Gasteiger partial charge on any atom is 0.264 e. The molecule has 15 heavy (non-hydrogen) atoms. The third-order valence-electron chi connectivity index (χ3n) is 2.85. The lowest BCUT2D eigenvalue weighted by molar-refractivity contribution is 0.0686. The Morgan fingerprint density at radius 1 is 1.60 bits per heavy atom. The molecule has 1 aromatic rings. The first-order chi connectivity index (χ1) is 7.22. The molecule has 0 radical (unpaired) electrons. The summed E-state index contributed by atoms with van der Waals surface area (Å²) in [5.41, 5.74) is 0. The summed E-state index contributed by atoms with van der Waals surface area (Å²) in [6.45, 7) is 3.96. The van der Waals surface area contributed by atoms with E-state index < -0.39 is 0 Å². The van der Waals surface area contributed by atoms with Crippen molar-refractivity contribution >= 4 is 17.2 Å². The fourth-order valence-corrected chi connectivity index (χ4v) is 2.50. The van der Waals surface area contributed by atoms with Gasteiger partial charge in [0, 0.05) is 25.0 Å². The molecular formula is C11H16N2OS. The van der Waals surface area contributed by atoms with Crippen LogP contribution in [0.25, 0.3) is 0 Å². The van der Waals surface area contributed by atoms with E-state index in [0.717, 1.165) is 24.4 Å². The molecule has 0 aliphatic carbocycles. The first kappa shape index (κ1) is 10.6. The number of nitrogens with one attached hydrogen (secondary N) is 1. The zero-order valence-electron chi connectivity index (χ0n) is 9.12. The third-order valence-corrected chi connectivity index (χ3v) is 4.07. The highest BCUT2D eigenvalue weighted by Crippen LogP contribution is 2.19. The SMILES string of the molecule is CCc1ccc(C(=O)N(C)C2CNC2)s1. The van der Waals surface area contributed by atoms with Gasteiger partial charge in [0.05, 0.1) is 10.9 Å². The minimum absolute atomic E-state index is 0.159. The van der Waals surface area contributed by atoms with Crippen LogP contribution in [-0.2, 0) is 6.42 Å². The summed E-state index contributed by atoms with van der Waals surface area (Å²) in [7, 11) is 1.89. The summed E-state index contributed by atoms with van der Waals surface area (Å²) >= 11 is 1.61. The molecule has 1 aliphatic rings. The Hall–Kier alpha value is -0.870. The first-order valence-corrected chi connectivity index (χ1v) is 6.10. The van der Waals surface area contributed by atoms with Crippen LogP contribution in [0.5, 0.6) is 0 Å². The molecule has 4 heteroatoms. The van der Waals surface area contributed by atoms with Crippen molar-refractivity contribution in [1.82, 2.24) is 10.2 Å². The second-order valence-electron chi connectivity index (χ2n) is 3.85. The largest absolute Gasteiger partial charge is 0.335 e. The molecule has 1 aromatic heterocycles. The maximum absolute atomic E-state index is 12.0. The molecule has 1 amide bonds. The fraction of sp³-hybridized carbons (Fsp3) is 0.545. The zero-order chi connectivity index (χ0) is 10.8. The minimum atomic E-state index is 0.159. The van der Waals surface area contributed by atoms with Crippen molar-refractivity contribution in [3.05, 3.63) is 21.9 Å². The van der Waals surface area contributed by atoms with Gasteiger partial charge in [0.2, 0.25) is 0 Å². The van der Waals surface area contributed by atoms with Crippen LogP contribution in [0.2, 0.25) is 0 Å². The normalized spacial score (nSPS) is 16.1. The number of hydrogen-bond donors (Lipinski definition) is 1. The molecule has 2 rings (SSSR count). The molecule has 0 unspecified atom stereocenters. The molecule has 0 atom stereocenters. The van der Waals surface area contributed by atoms with Gasteiger partial charge >= 0.3 is 0 Å². The van der Waals surface area contributed by atoms with Gasteiger partial charge in [-0.3, -0.25) is 4.79 Å². The summed E-state index contributed by atoms with van der Waals surface area (Å²) < 4.78 is 0. The van der Waals surface area contributed by atoms with E-state index in [1.165, 1.54) is 4.88 Å². The number of carbonyl (C=O) groups excluding carboxylic acids is 1. The number of likely N-dealkylation sites (N-methyl/N-ethyl adjacent to an activating group) is 1. The van der Waals surface area contributed by atoms with Gasteiger partial charge in [0.25, 0.3) is 5.91 Å².